The van der Waals surface area contributed by atoms with E-state index < -0.39 is 5.82 Å². The van der Waals surface area contributed by atoms with Crippen molar-refractivity contribution in [1.82, 2.24) is 4.98 Å². The van der Waals surface area contributed by atoms with Crippen LogP contribution in [0.2, 0.25) is 0 Å². The maximum Gasteiger partial charge on any atom is 0.169 e. The molecular weight excluding hydrogens is 321 g/mol. The molecule has 0 aliphatic carbocycles. The number of aryl methyl sites for hydroxylation is 2. The Morgan fingerprint density at radius 1 is 1.20 bits per heavy atom. The molecule has 0 saturated heterocycles. The van der Waals surface area contributed by atoms with Crippen LogP contribution in [0.5, 0.6) is 5.75 Å². The number of Topliss-reactive ketones (excluding diaryl/α,β-unsaturated/α-hetero) is 1. The Morgan fingerprint density at radius 2 is 1.96 bits per heavy atom. The third kappa shape index (κ3) is 3.56. The molecule has 1 heterocycles. The summed E-state index contributed by atoms with van der Waals surface area (Å²) in [4.78, 5) is 15.9. The minimum atomic E-state index is -0.442. The molecule has 0 radical (unpaired) electrons. The molecule has 130 valence electrons. The van der Waals surface area contributed by atoms with Crippen molar-refractivity contribution < 1.29 is 19.0 Å². The first-order valence-corrected chi connectivity index (χ1v) is 8.13. The highest BCUT2D eigenvalue weighted by atomic mass is 19.1. The van der Waals surface area contributed by atoms with Crippen LogP contribution in [0.15, 0.2) is 36.5 Å². The van der Waals surface area contributed by atoms with Gasteiger partial charge in [-0.2, -0.15) is 0 Å². The van der Waals surface area contributed by atoms with E-state index in [9.17, 15) is 9.18 Å². The Labute approximate surface area is 145 Å². The molecule has 0 aliphatic heterocycles. The van der Waals surface area contributed by atoms with Gasteiger partial charge in [0.05, 0.1) is 6.61 Å². The summed E-state index contributed by atoms with van der Waals surface area (Å²) in [6, 6.07) is 8.11. The highest BCUT2D eigenvalue weighted by molar-refractivity contribution is 6.09. The van der Waals surface area contributed by atoms with Crippen molar-refractivity contribution in [2.45, 2.75) is 20.3 Å². The topological polar surface area (TPSA) is 62.3 Å². The SMILES string of the molecule is Cc1cc2[nH]cc(C(=O)Cc3ccc(F)cc3OCCO)c2cc1C. The second kappa shape index (κ2) is 7.07. The molecule has 2 N–H and O–H groups in total. The number of carbonyl (C=O) groups excluding carboxylic acids is 1. The number of carbonyl (C=O) groups is 1. The van der Waals surface area contributed by atoms with Crippen molar-refractivity contribution in [2.24, 2.45) is 0 Å². The maximum atomic E-state index is 13.4. The Kier molecular flexibility index (Phi) is 4.86. The van der Waals surface area contributed by atoms with Crippen LogP contribution >= 0.6 is 0 Å². The van der Waals surface area contributed by atoms with Gasteiger partial charge >= 0.3 is 0 Å². The standard InChI is InChI=1S/C20H20FNO3/c1-12-7-16-17(11-22-18(16)8-13(12)2)19(24)9-14-3-4-15(21)10-20(14)25-6-5-23/h3-4,7-8,10-11,22-23H,5-6,9H2,1-2H3. The van der Waals surface area contributed by atoms with Crippen molar-refractivity contribution in [3.63, 3.8) is 0 Å². The van der Waals surface area contributed by atoms with Crippen molar-refractivity contribution in [1.29, 1.82) is 0 Å². The molecule has 2 aromatic carbocycles. The lowest BCUT2D eigenvalue weighted by Crippen LogP contribution is -2.08. The van der Waals surface area contributed by atoms with E-state index in [-0.39, 0.29) is 31.2 Å². The predicted molar refractivity (Wildman–Crippen MR) is 94.8 cm³/mol. The van der Waals surface area contributed by atoms with E-state index in [0.717, 1.165) is 22.0 Å². The maximum absolute atomic E-state index is 13.4. The van der Waals surface area contributed by atoms with Gasteiger partial charge in [0.15, 0.2) is 5.78 Å². The Balaban J connectivity index is 1.91. The molecule has 1 aromatic heterocycles. The average Bonchev–Trinajstić information content (AvgIpc) is 2.98. The van der Waals surface area contributed by atoms with Gasteiger partial charge in [0.1, 0.15) is 18.2 Å². The zero-order valence-electron chi connectivity index (χ0n) is 14.2. The summed E-state index contributed by atoms with van der Waals surface area (Å²) in [6.07, 6.45) is 1.81. The van der Waals surface area contributed by atoms with Crippen LogP contribution in [-0.4, -0.2) is 29.1 Å². The molecule has 0 fully saturated rings. The number of fused-ring (bicyclic) bond motifs is 1. The van der Waals surface area contributed by atoms with E-state index in [0.29, 0.717) is 11.1 Å². The number of ether oxygens (including phenoxy) is 1. The van der Waals surface area contributed by atoms with Crippen LogP contribution < -0.4 is 4.74 Å². The van der Waals surface area contributed by atoms with Gasteiger partial charge in [-0.3, -0.25) is 4.79 Å². The van der Waals surface area contributed by atoms with Gasteiger partial charge in [-0.15, -0.1) is 0 Å². The molecule has 0 spiro atoms. The number of H-pyrrole nitrogens is 1. The predicted octanol–water partition coefficient (Wildman–Crippen LogP) is 3.72. The van der Waals surface area contributed by atoms with Gasteiger partial charge in [-0.25, -0.2) is 4.39 Å². The smallest absolute Gasteiger partial charge is 0.169 e. The number of hydrogen-bond acceptors (Lipinski definition) is 3. The van der Waals surface area contributed by atoms with Gasteiger partial charge in [0.2, 0.25) is 0 Å². The minimum absolute atomic E-state index is 0.0518. The minimum Gasteiger partial charge on any atom is -0.491 e. The first kappa shape index (κ1) is 17.2. The van der Waals surface area contributed by atoms with E-state index >= 15 is 0 Å². The van der Waals surface area contributed by atoms with E-state index in [2.05, 4.69) is 4.98 Å². The summed E-state index contributed by atoms with van der Waals surface area (Å²) in [5.74, 6) is -0.230. The third-order valence-electron chi connectivity index (χ3n) is 4.33. The lowest BCUT2D eigenvalue weighted by Gasteiger charge is -2.10. The number of halogens is 1. The number of aromatic amines is 1. The van der Waals surface area contributed by atoms with Gasteiger partial charge in [-0.1, -0.05) is 6.07 Å². The first-order valence-electron chi connectivity index (χ1n) is 8.13. The summed E-state index contributed by atoms with van der Waals surface area (Å²) < 4.78 is 18.8. The number of rotatable bonds is 6. The number of nitrogens with one attached hydrogen (secondary N) is 1. The fraction of sp³-hybridized carbons (Fsp3) is 0.250. The summed E-state index contributed by atoms with van der Waals surface area (Å²) in [7, 11) is 0. The molecular formula is C20H20FNO3. The van der Waals surface area contributed by atoms with Gasteiger partial charge in [-0.05, 0) is 43.2 Å². The van der Waals surface area contributed by atoms with Crippen molar-refractivity contribution >= 4 is 16.7 Å². The van der Waals surface area contributed by atoms with Crippen molar-refractivity contribution in [3.05, 3.63) is 64.6 Å². The van der Waals surface area contributed by atoms with E-state index in [4.69, 9.17) is 9.84 Å². The number of aliphatic hydroxyl groups is 1. The number of hydrogen-bond donors (Lipinski definition) is 2. The molecule has 3 rings (SSSR count). The molecule has 0 bridgehead atoms. The molecule has 0 atom stereocenters. The number of aliphatic hydroxyl groups excluding tert-OH is 1. The molecule has 3 aromatic rings. The largest absolute Gasteiger partial charge is 0.491 e. The second-order valence-corrected chi connectivity index (χ2v) is 6.11. The van der Waals surface area contributed by atoms with Gasteiger partial charge in [0.25, 0.3) is 0 Å². The van der Waals surface area contributed by atoms with E-state index in [1.165, 1.54) is 12.1 Å². The Hall–Kier alpha value is -2.66. The fourth-order valence-corrected chi connectivity index (χ4v) is 2.85. The van der Waals surface area contributed by atoms with E-state index in [1.54, 1.807) is 12.3 Å². The van der Waals surface area contributed by atoms with Crippen LogP contribution in [0.4, 0.5) is 4.39 Å². The summed E-state index contributed by atoms with van der Waals surface area (Å²) in [5, 5.41) is 9.78. The quantitative estimate of drug-likeness (QED) is 0.672. The Morgan fingerprint density at radius 3 is 2.72 bits per heavy atom. The van der Waals surface area contributed by atoms with Gasteiger partial charge in [0, 0.05) is 40.7 Å². The summed E-state index contributed by atoms with van der Waals surface area (Å²) in [6.45, 7) is 3.92. The number of ketones is 1. The molecule has 4 nitrogen and oxygen atoms in total. The highest BCUT2D eigenvalue weighted by Gasteiger charge is 2.16. The first-order chi connectivity index (χ1) is 12.0. The van der Waals surface area contributed by atoms with Crippen molar-refractivity contribution in [2.75, 3.05) is 13.2 Å². The van der Waals surface area contributed by atoms with Crippen LogP contribution in [0.3, 0.4) is 0 Å². The zero-order chi connectivity index (χ0) is 18.0. The van der Waals surface area contributed by atoms with Crippen molar-refractivity contribution in [3.8, 4) is 5.75 Å². The lowest BCUT2D eigenvalue weighted by molar-refractivity contribution is 0.0993. The molecule has 0 saturated carbocycles. The van der Waals surface area contributed by atoms with Crippen LogP contribution in [0.25, 0.3) is 10.9 Å². The molecule has 0 aliphatic rings. The van der Waals surface area contributed by atoms with E-state index in [1.807, 2.05) is 26.0 Å². The molecule has 0 unspecified atom stereocenters. The average molecular weight is 341 g/mol. The van der Waals surface area contributed by atoms with Crippen LogP contribution in [0, 0.1) is 19.7 Å². The monoisotopic (exact) mass is 341 g/mol. The second-order valence-electron chi connectivity index (χ2n) is 6.11. The van der Waals surface area contributed by atoms with Gasteiger partial charge < -0.3 is 14.8 Å². The lowest BCUT2D eigenvalue weighted by atomic mass is 9.99. The zero-order valence-corrected chi connectivity index (χ0v) is 14.2. The fourth-order valence-electron chi connectivity index (χ4n) is 2.85. The normalized spacial score (nSPS) is 11.0. The van der Waals surface area contributed by atoms with Crippen LogP contribution in [-0.2, 0) is 6.42 Å². The summed E-state index contributed by atoms with van der Waals surface area (Å²) in [5.41, 5.74) is 4.40. The Bertz CT molecular complexity index is 930. The molecule has 25 heavy (non-hydrogen) atoms. The third-order valence-corrected chi connectivity index (χ3v) is 4.33. The number of aromatic nitrogens is 1. The highest BCUT2D eigenvalue weighted by Crippen LogP contribution is 2.26. The molecule has 5 heteroatoms. The summed E-state index contributed by atoms with van der Waals surface area (Å²) >= 11 is 0. The number of benzene rings is 2. The molecule has 0 amide bonds. The van der Waals surface area contributed by atoms with Crippen LogP contribution in [0.1, 0.15) is 27.0 Å².